The maximum absolute atomic E-state index is 11.8. The van der Waals surface area contributed by atoms with E-state index in [1.807, 2.05) is 0 Å². The predicted octanol–water partition coefficient (Wildman–Crippen LogP) is 1.26. The smallest absolute Gasteiger partial charge is 0.193 e. The Morgan fingerprint density at radius 3 is 2.31 bits per heavy atom. The summed E-state index contributed by atoms with van der Waals surface area (Å²) in [5.74, 6) is 0.981. The van der Waals surface area contributed by atoms with E-state index in [0.29, 0.717) is 18.2 Å². The van der Waals surface area contributed by atoms with Crippen molar-refractivity contribution in [2.45, 2.75) is 40.5 Å². The first-order chi connectivity index (χ1) is 5.86. The maximum Gasteiger partial charge on any atom is 0.193 e. The number of carbonyl (C=O) groups excluding carboxylic acids is 1. The van der Waals surface area contributed by atoms with Gasteiger partial charge in [0, 0.05) is 5.41 Å². The summed E-state index contributed by atoms with van der Waals surface area (Å²) in [5, 5.41) is 0. The highest BCUT2D eigenvalue weighted by Gasteiger charge is 2.53. The molecule has 0 saturated heterocycles. The fourth-order valence-corrected chi connectivity index (χ4v) is 2.51. The standard InChI is InChI=1S/C11H21NO/c1-8-5-6-11(4,9(13)7-12)10(8,2)3/h8H,5-7,12H2,1-4H3/p+1/t8-,11-/m1/s1. The van der Waals surface area contributed by atoms with Gasteiger partial charge in [0.15, 0.2) is 5.78 Å². The van der Waals surface area contributed by atoms with Crippen molar-refractivity contribution < 1.29 is 10.5 Å². The molecule has 13 heavy (non-hydrogen) atoms. The largest absolute Gasteiger partial charge is 0.351 e. The average molecular weight is 184 g/mol. The number of quaternary nitrogens is 1. The van der Waals surface area contributed by atoms with E-state index in [1.54, 1.807) is 0 Å². The Bertz CT molecular complexity index is 222. The van der Waals surface area contributed by atoms with Gasteiger partial charge in [-0.15, -0.1) is 0 Å². The van der Waals surface area contributed by atoms with E-state index in [-0.39, 0.29) is 10.8 Å². The first kappa shape index (κ1) is 10.7. The number of ketones is 1. The Hall–Kier alpha value is -0.370. The first-order valence-electron chi connectivity index (χ1n) is 5.19. The van der Waals surface area contributed by atoms with E-state index in [1.165, 1.54) is 6.42 Å². The lowest BCUT2D eigenvalue weighted by atomic mass is 9.64. The van der Waals surface area contributed by atoms with Gasteiger partial charge in [0.1, 0.15) is 6.54 Å². The zero-order valence-electron chi connectivity index (χ0n) is 9.31. The van der Waals surface area contributed by atoms with Crippen molar-refractivity contribution in [3.05, 3.63) is 0 Å². The average Bonchev–Trinajstić information content (AvgIpc) is 2.29. The van der Waals surface area contributed by atoms with Crippen LogP contribution in [0, 0.1) is 16.7 Å². The fourth-order valence-electron chi connectivity index (χ4n) is 2.51. The van der Waals surface area contributed by atoms with Crippen LogP contribution in [-0.4, -0.2) is 12.3 Å². The monoisotopic (exact) mass is 184 g/mol. The van der Waals surface area contributed by atoms with Gasteiger partial charge in [-0.25, -0.2) is 0 Å². The molecule has 0 aromatic heterocycles. The van der Waals surface area contributed by atoms with E-state index in [4.69, 9.17) is 0 Å². The third-order valence-corrected chi connectivity index (χ3v) is 4.57. The number of carbonyl (C=O) groups is 1. The quantitative estimate of drug-likeness (QED) is 0.690. The highest BCUT2D eigenvalue weighted by Crippen LogP contribution is 2.55. The maximum atomic E-state index is 11.8. The highest BCUT2D eigenvalue weighted by molar-refractivity contribution is 5.86. The summed E-state index contributed by atoms with van der Waals surface area (Å²) in [6.45, 7) is 9.24. The zero-order chi connectivity index (χ0) is 10.3. The topological polar surface area (TPSA) is 44.7 Å². The van der Waals surface area contributed by atoms with Crippen molar-refractivity contribution in [1.29, 1.82) is 0 Å². The van der Waals surface area contributed by atoms with Crippen LogP contribution in [0.15, 0.2) is 0 Å². The number of hydrogen-bond donors (Lipinski definition) is 1. The molecule has 1 aliphatic rings. The first-order valence-corrected chi connectivity index (χ1v) is 5.19. The van der Waals surface area contributed by atoms with Gasteiger partial charge in [-0.05, 0) is 24.2 Å². The lowest BCUT2D eigenvalue weighted by Gasteiger charge is -2.38. The summed E-state index contributed by atoms with van der Waals surface area (Å²) in [6, 6.07) is 0. The Kier molecular flexibility index (Phi) is 2.54. The molecule has 2 heteroatoms. The summed E-state index contributed by atoms with van der Waals surface area (Å²) in [6.07, 6.45) is 2.21. The molecule has 2 nitrogen and oxygen atoms in total. The molecule has 76 valence electrons. The van der Waals surface area contributed by atoms with Crippen LogP contribution in [0.4, 0.5) is 0 Å². The van der Waals surface area contributed by atoms with Crippen LogP contribution in [0.25, 0.3) is 0 Å². The minimum Gasteiger partial charge on any atom is -0.351 e. The van der Waals surface area contributed by atoms with Crippen LogP contribution in [0.2, 0.25) is 0 Å². The Morgan fingerprint density at radius 1 is 1.46 bits per heavy atom. The van der Waals surface area contributed by atoms with E-state index >= 15 is 0 Å². The van der Waals surface area contributed by atoms with Crippen molar-refractivity contribution in [3.63, 3.8) is 0 Å². The molecule has 2 atom stereocenters. The molecule has 1 rings (SSSR count). The van der Waals surface area contributed by atoms with Crippen LogP contribution in [0.5, 0.6) is 0 Å². The summed E-state index contributed by atoms with van der Waals surface area (Å²) >= 11 is 0. The van der Waals surface area contributed by atoms with Gasteiger partial charge < -0.3 is 5.73 Å². The van der Waals surface area contributed by atoms with Gasteiger partial charge in [0.05, 0.1) is 0 Å². The van der Waals surface area contributed by atoms with Gasteiger partial charge in [0.2, 0.25) is 0 Å². The lowest BCUT2D eigenvalue weighted by Crippen LogP contribution is -2.59. The van der Waals surface area contributed by atoms with Gasteiger partial charge in [-0.3, -0.25) is 4.79 Å². The molecule has 0 bridgehead atoms. The van der Waals surface area contributed by atoms with Crippen LogP contribution in [0.3, 0.4) is 0 Å². The normalized spacial score (nSPS) is 37.8. The molecule has 0 heterocycles. The highest BCUT2D eigenvalue weighted by atomic mass is 16.1. The number of hydrogen-bond acceptors (Lipinski definition) is 1. The third kappa shape index (κ3) is 1.32. The molecule has 0 aromatic rings. The van der Waals surface area contributed by atoms with Crippen molar-refractivity contribution in [2.75, 3.05) is 6.54 Å². The number of Topliss-reactive ketones (excluding diaryl/α,β-unsaturated/α-hetero) is 1. The van der Waals surface area contributed by atoms with E-state index in [2.05, 4.69) is 33.4 Å². The molecule has 0 aromatic carbocycles. The SMILES string of the molecule is C[C@@H]1CC[C@](C)(C(=O)C[NH3+])C1(C)C. The molecule has 1 aliphatic carbocycles. The molecular formula is C11H22NO+. The molecule has 0 radical (unpaired) electrons. The second-order valence-corrected chi connectivity index (χ2v) is 5.17. The van der Waals surface area contributed by atoms with Crippen LogP contribution in [0.1, 0.15) is 40.5 Å². The summed E-state index contributed by atoms with van der Waals surface area (Å²) in [7, 11) is 0. The van der Waals surface area contributed by atoms with Crippen molar-refractivity contribution >= 4 is 5.78 Å². The molecular weight excluding hydrogens is 162 g/mol. The molecule has 0 spiro atoms. The van der Waals surface area contributed by atoms with Gasteiger partial charge in [-0.1, -0.05) is 27.7 Å². The molecule has 1 saturated carbocycles. The van der Waals surface area contributed by atoms with Gasteiger partial charge >= 0.3 is 0 Å². The predicted molar refractivity (Wildman–Crippen MR) is 53.0 cm³/mol. The van der Waals surface area contributed by atoms with E-state index in [9.17, 15) is 4.79 Å². The molecule has 1 fully saturated rings. The van der Waals surface area contributed by atoms with E-state index < -0.39 is 0 Å². The van der Waals surface area contributed by atoms with E-state index in [0.717, 1.165) is 6.42 Å². The van der Waals surface area contributed by atoms with Crippen LogP contribution < -0.4 is 5.73 Å². The molecule has 0 amide bonds. The van der Waals surface area contributed by atoms with Crippen molar-refractivity contribution in [1.82, 2.24) is 0 Å². The summed E-state index contributed by atoms with van der Waals surface area (Å²) < 4.78 is 0. The summed E-state index contributed by atoms with van der Waals surface area (Å²) in [5.41, 5.74) is 3.73. The zero-order valence-corrected chi connectivity index (χ0v) is 9.31. The summed E-state index contributed by atoms with van der Waals surface area (Å²) in [4.78, 5) is 11.8. The fraction of sp³-hybridized carbons (Fsp3) is 0.909. The second-order valence-electron chi connectivity index (χ2n) is 5.17. The van der Waals surface area contributed by atoms with Gasteiger partial charge in [0.25, 0.3) is 0 Å². The lowest BCUT2D eigenvalue weighted by molar-refractivity contribution is -0.357. The minimum absolute atomic E-state index is 0.131. The Labute approximate surface area is 80.9 Å². The van der Waals surface area contributed by atoms with Crippen molar-refractivity contribution in [2.24, 2.45) is 16.7 Å². The number of rotatable bonds is 2. The van der Waals surface area contributed by atoms with Crippen LogP contribution in [-0.2, 0) is 4.79 Å². The van der Waals surface area contributed by atoms with Crippen LogP contribution >= 0.6 is 0 Å². The molecule has 0 unspecified atom stereocenters. The second kappa shape index (κ2) is 3.09. The molecule has 3 N–H and O–H groups in total. The Balaban J connectivity index is 2.98. The minimum atomic E-state index is -0.131. The van der Waals surface area contributed by atoms with Gasteiger partial charge in [-0.2, -0.15) is 0 Å². The molecule has 0 aliphatic heterocycles. The third-order valence-electron chi connectivity index (χ3n) is 4.57. The Morgan fingerprint density at radius 2 is 2.00 bits per heavy atom. The van der Waals surface area contributed by atoms with Crippen molar-refractivity contribution in [3.8, 4) is 0 Å².